The van der Waals surface area contributed by atoms with Gasteiger partial charge in [0.2, 0.25) is 22.8 Å². The molecule has 0 bridgehead atoms. The molecule has 8 aromatic rings. The van der Waals surface area contributed by atoms with Gasteiger partial charge in [0.25, 0.3) is 0 Å². The van der Waals surface area contributed by atoms with Crippen molar-refractivity contribution >= 4 is 22.8 Å². The van der Waals surface area contributed by atoms with Gasteiger partial charge >= 0.3 is 33.0 Å². The van der Waals surface area contributed by atoms with E-state index in [0.29, 0.717) is 0 Å². The zero-order chi connectivity index (χ0) is 84.4. The summed E-state index contributed by atoms with van der Waals surface area (Å²) in [5.74, 6) is 0. The monoisotopic (exact) mass is 1700 g/mol. The van der Waals surface area contributed by atoms with Crippen LogP contribution in [0.2, 0.25) is 0 Å². The van der Waals surface area contributed by atoms with Crippen LogP contribution in [-0.2, 0) is 71.5 Å². The van der Waals surface area contributed by atoms with Crippen LogP contribution in [-0.4, -0.2) is 9.39 Å². The van der Waals surface area contributed by atoms with Crippen molar-refractivity contribution in [2.24, 2.45) is 0 Å². The molecule has 654 valence electrons. The number of hydrogen-bond acceptors (Lipinski definition) is 0. The predicted octanol–water partition coefficient (Wildman–Crippen LogP) is 35.3. The molecule has 8 aromatic carbocycles. The molecular weight excluding hydrogens is 1540 g/mol. The van der Waals surface area contributed by atoms with Gasteiger partial charge < -0.3 is 24.9 Å². The smallest absolute Gasteiger partial charge is 0.493 e. The number of unbranched alkanes of at least 4 members (excludes halogenated alkanes) is 27. The first kappa shape index (κ1) is 107. The van der Waals surface area contributed by atoms with Crippen molar-refractivity contribution in [3.05, 3.63) is 346 Å². The van der Waals surface area contributed by atoms with Crippen LogP contribution in [0.4, 0.5) is 0 Å². The molecule has 0 spiro atoms. The summed E-state index contributed by atoms with van der Waals surface area (Å²) in [5.41, 5.74) is 46.3. The third-order valence-corrected chi connectivity index (χ3v) is 22.7. The Morgan fingerprint density at radius 2 is 0.517 bits per heavy atom. The Morgan fingerprint density at radius 3 is 0.842 bits per heavy atom. The van der Waals surface area contributed by atoms with E-state index in [-0.39, 0.29) is 33.0 Å². The van der Waals surface area contributed by atoms with Crippen molar-refractivity contribution in [2.75, 3.05) is 0 Å². The Hall–Kier alpha value is -7.35. The quantitative estimate of drug-likeness (QED) is 0.0120. The van der Waals surface area contributed by atoms with E-state index in [0.717, 1.165) is 142 Å². The van der Waals surface area contributed by atoms with Gasteiger partial charge in [-0.05, 0) is 187 Å². The average molecular weight is 1700 g/mol. The molecule has 0 saturated carbocycles. The van der Waals surface area contributed by atoms with Gasteiger partial charge in [0.1, 0.15) is 0 Å². The van der Waals surface area contributed by atoms with Crippen LogP contribution in [0.25, 0.3) is 33.9 Å². The van der Waals surface area contributed by atoms with Gasteiger partial charge in [-0.1, -0.05) is 354 Å². The maximum atomic E-state index is 12.1. The summed E-state index contributed by atoms with van der Waals surface area (Å²) < 4.78 is 3.14. The molecule has 2 aliphatic heterocycles. The van der Waals surface area contributed by atoms with Gasteiger partial charge in [-0.3, -0.25) is 0 Å². The predicted molar refractivity (Wildman–Crippen MR) is 516 cm³/mol. The number of benzene rings is 8. The van der Waals surface area contributed by atoms with Gasteiger partial charge in [0, 0.05) is 44.5 Å². The number of aryl methyl sites for hydroxylation is 4. The molecule has 2 aliphatic rings. The van der Waals surface area contributed by atoms with Crippen LogP contribution in [0, 0.1) is 26.0 Å². The minimum atomic E-state index is 0. The molecule has 120 heavy (non-hydrogen) atoms. The van der Waals surface area contributed by atoms with E-state index in [9.17, 15) is 11.1 Å². The third-order valence-electron chi connectivity index (χ3n) is 22.7. The Balaban J connectivity index is 0.000000462. The van der Waals surface area contributed by atoms with Gasteiger partial charge in [0.15, 0.2) is 0 Å². The van der Waals surface area contributed by atoms with Crippen LogP contribution in [0.15, 0.2) is 253 Å². The van der Waals surface area contributed by atoms with E-state index < -0.39 is 0 Å². The summed E-state index contributed by atoms with van der Waals surface area (Å²) in [6.07, 6.45) is 61.3. The first-order chi connectivity index (χ1) is 58.2. The van der Waals surface area contributed by atoms with Crippen molar-refractivity contribution in [1.82, 2.24) is 0 Å². The topological polar surface area (TPSA) is 50.6 Å². The molecule has 2 heterocycles. The van der Waals surface area contributed by atoms with Crippen LogP contribution in [0.1, 0.15) is 368 Å². The summed E-state index contributed by atoms with van der Waals surface area (Å²) in [6.45, 7) is 25.7. The number of hydrogen-bond donors (Lipinski definition) is 0. The van der Waals surface area contributed by atoms with E-state index in [1.165, 1.54) is 254 Å². The zero-order valence-electron chi connectivity index (χ0n) is 76.3. The second-order valence-electron chi connectivity index (χ2n) is 32.5. The van der Waals surface area contributed by atoms with Crippen LogP contribution in [0.3, 0.4) is 0 Å². The van der Waals surface area contributed by atoms with Gasteiger partial charge in [0.05, 0.1) is 0 Å². The molecular formula is C114H158N4Ni2. The van der Waals surface area contributed by atoms with Crippen LogP contribution in [0.5, 0.6) is 0 Å². The molecule has 0 amide bonds. The first-order valence-electron chi connectivity index (χ1n) is 47.6. The zero-order valence-corrected chi connectivity index (χ0v) is 78.3. The van der Waals surface area contributed by atoms with E-state index in [4.69, 9.17) is 0 Å². The Kier molecular flexibility index (Phi) is 63.3. The molecule has 0 aromatic heterocycles. The molecule has 0 unspecified atom stereocenters. The van der Waals surface area contributed by atoms with Crippen molar-refractivity contribution < 1.29 is 42.4 Å². The summed E-state index contributed by atoms with van der Waals surface area (Å²) in [6, 6.07) is 81.5. The standard InChI is InChI=1S/C48H74N2.C38H56N2.2C8H9.2C6H5.2Ni/c1-5-9-13-15-16-17-18-19-20-21-22-23-24-25-26-28-32-42-33-29-30-36-44(42)48-46(35-12-8-4)45(34-11-7-3)47(50(48)49)43-39-37-41(38-40-43)31-27-14-10-6-2;1-5-9-13-16-20-32-25-29-34(30-26-32)38-36(22-18-15-11-7-3)35(21-17-14-10-6-2)37(40(38)39)33-27-23-31(24-28-33)19-12-8-4;2*1-2-8-6-4-3-5-7-8;2*1-2-4-6-5-3-1;;/h24-25,29-30,33,36-40H,5-23,26-28,31-32,34-35H2,1-4H3;23-30H,5-22H2,1-4H3;2*3-7H,1-2H2;2*1-5H;;/q;;4*-1;2*+2. The van der Waals surface area contributed by atoms with Crippen molar-refractivity contribution in [2.45, 2.75) is 351 Å². The SMILES string of the molecule is CCCCCCC1=C(c2ccc(CCCC)cc2)[N+](=[N-])C(c2ccc(CCCCCC)cc2)=C1CCCCCC.CCCCCCCCCCCCCC=CCCCc1ccccc1C1=C(CCCC)C(CCCC)=C(c2ccc(CCCCCC)cc2)[N+]1=[N-].[CH2-]Cc1ccccc1.[CH2-]Cc1ccccc1.[Ni+2].[Ni+2].[c-]1ccccc1.[c-]1ccccc1. The second kappa shape index (κ2) is 71.1. The van der Waals surface area contributed by atoms with E-state index in [2.05, 4.69) is 215 Å². The average Bonchev–Trinajstić information content (AvgIpc) is 1.61. The number of rotatable bonds is 51. The summed E-state index contributed by atoms with van der Waals surface area (Å²) in [5, 5.41) is 0. The fourth-order valence-corrected chi connectivity index (χ4v) is 15.6. The molecule has 0 N–H and O–H groups in total. The molecule has 0 radical (unpaired) electrons. The van der Waals surface area contributed by atoms with Crippen molar-refractivity contribution in [1.29, 1.82) is 0 Å². The third kappa shape index (κ3) is 43.1. The first-order valence-corrected chi connectivity index (χ1v) is 47.6. The van der Waals surface area contributed by atoms with E-state index >= 15 is 0 Å². The van der Waals surface area contributed by atoms with Gasteiger partial charge in [-0.2, -0.15) is 85.6 Å². The summed E-state index contributed by atoms with van der Waals surface area (Å²) in [4.78, 5) is 0. The van der Waals surface area contributed by atoms with E-state index in [1.807, 2.05) is 97.1 Å². The molecule has 6 heteroatoms. The largest absolute Gasteiger partial charge is 2.00 e. The Bertz CT molecular complexity index is 3870. The molecule has 0 atom stereocenters. The number of allylic oxidation sites excluding steroid dienone is 6. The van der Waals surface area contributed by atoms with Crippen molar-refractivity contribution in [3.8, 4) is 0 Å². The molecule has 0 fully saturated rings. The van der Waals surface area contributed by atoms with Gasteiger partial charge in [-0.15, -0.1) is 0 Å². The van der Waals surface area contributed by atoms with Crippen LogP contribution >= 0.6 is 0 Å². The fourth-order valence-electron chi connectivity index (χ4n) is 15.6. The van der Waals surface area contributed by atoms with Crippen molar-refractivity contribution in [3.63, 3.8) is 0 Å². The molecule has 10 rings (SSSR count). The Labute approximate surface area is 755 Å². The number of nitrogens with zero attached hydrogens (tertiary/aromatic N) is 4. The molecule has 4 nitrogen and oxygen atoms in total. The second-order valence-corrected chi connectivity index (χ2v) is 32.5. The maximum Gasteiger partial charge on any atom is 2.00 e. The maximum absolute atomic E-state index is 12.1. The Morgan fingerprint density at radius 1 is 0.250 bits per heavy atom. The minimum Gasteiger partial charge on any atom is -0.493 e. The van der Waals surface area contributed by atoms with E-state index in [1.54, 1.807) is 9.39 Å². The van der Waals surface area contributed by atoms with Crippen LogP contribution < -0.4 is 0 Å². The van der Waals surface area contributed by atoms with Gasteiger partial charge in [-0.25, -0.2) is 9.39 Å². The molecule has 0 saturated heterocycles. The molecule has 0 aliphatic carbocycles. The summed E-state index contributed by atoms with van der Waals surface area (Å²) >= 11 is 0. The fraction of sp³-hybridized carbons (Fsp3) is 0.474. The minimum absolute atomic E-state index is 0. The summed E-state index contributed by atoms with van der Waals surface area (Å²) in [7, 11) is 0. The normalized spacial score (nSPS) is 12.2.